The van der Waals surface area contributed by atoms with Crippen LogP contribution in [0.1, 0.15) is 12.8 Å². The monoisotopic (exact) mass is 354 g/mol. The molecule has 0 saturated carbocycles. The van der Waals surface area contributed by atoms with Crippen molar-refractivity contribution in [2.75, 3.05) is 44.8 Å². The molecule has 5 nitrogen and oxygen atoms in total. The Morgan fingerprint density at radius 1 is 1.52 bits per heavy atom. The predicted octanol–water partition coefficient (Wildman–Crippen LogP) is 2.00. The maximum absolute atomic E-state index is 12.2. The van der Waals surface area contributed by atoms with Gasteiger partial charge in [-0.05, 0) is 67.6 Å². The van der Waals surface area contributed by atoms with Crippen LogP contribution in [0.25, 0.3) is 0 Å². The maximum atomic E-state index is 12.2. The van der Waals surface area contributed by atoms with Crippen LogP contribution in [0.15, 0.2) is 22.7 Å². The minimum absolute atomic E-state index is 0.0196. The molecule has 1 aliphatic rings. The van der Waals surface area contributed by atoms with Crippen molar-refractivity contribution in [3.05, 3.63) is 22.7 Å². The van der Waals surface area contributed by atoms with E-state index in [1.54, 1.807) is 12.1 Å². The summed E-state index contributed by atoms with van der Waals surface area (Å²) < 4.78 is 0.808. The number of nitrogens with one attached hydrogen (secondary N) is 1. The van der Waals surface area contributed by atoms with E-state index in [4.69, 9.17) is 5.73 Å². The number of hydrogen-bond donors (Lipinski definition) is 2. The Kier molecular flexibility index (Phi) is 5.61. The van der Waals surface area contributed by atoms with Crippen molar-refractivity contribution in [2.45, 2.75) is 18.9 Å². The van der Waals surface area contributed by atoms with Gasteiger partial charge in [0.1, 0.15) is 0 Å². The SMILES string of the molecule is CN(C)CC1CCCN1CC(=O)Nc1ccc(N)cc1Br. The van der Waals surface area contributed by atoms with Crippen LogP contribution in [-0.2, 0) is 4.79 Å². The zero-order valence-electron chi connectivity index (χ0n) is 12.6. The summed E-state index contributed by atoms with van der Waals surface area (Å²) in [6, 6.07) is 5.87. The summed E-state index contributed by atoms with van der Waals surface area (Å²) in [5.74, 6) is 0.0196. The number of hydrogen-bond acceptors (Lipinski definition) is 4. The zero-order chi connectivity index (χ0) is 15.4. The predicted molar refractivity (Wildman–Crippen MR) is 90.3 cm³/mol. The Balaban J connectivity index is 1.92. The van der Waals surface area contributed by atoms with E-state index in [1.165, 1.54) is 0 Å². The highest BCUT2D eigenvalue weighted by Gasteiger charge is 2.26. The Hall–Kier alpha value is -1.11. The largest absolute Gasteiger partial charge is 0.399 e. The van der Waals surface area contributed by atoms with E-state index in [0.29, 0.717) is 18.3 Å². The number of rotatable bonds is 5. The van der Waals surface area contributed by atoms with E-state index in [-0.39, 0.29) is 5.91 Å². The fraction of sp³-hybridized carbons (Fsp3) is 0.533. The molecular formula is C15H23BrN4O. The molecule has 1 heterocycles. The van der Waals surface area contributed by atoms with Crippen molar-refractivity contribution in [2.24, 2.45) is 0 Å². The highest BCUT2D eigenvalue weighted by molar-refractivity contribution is 9.10. The third kappa shape index (κ3) is 4.69. The second-order valence-electron chi connectivity index (χ2n) is 5.82. The molecule has 1 saturated heterocycles. The second-order valence-corrected chi connectivity index (χ2v) is 6.67. The molecule has 116 valence electrons. The molecule has 1 aliphatic heterocycles. The van der Waals surface area contributed by atoms with Crippen LogP contribution in [0.4, 0.5) is 11.4 Å². The molecule has 0 radical (unpaired) electrons. The summed E-state index contributed by atoms with van der Waals surface area (Å²) in [6.45, 7) is 2.43. The van der Waals surface area contributed by atoms with Crippen molar-refractivity contribution in [1.29, 1.82) is 0 Å². The molecule has 1 fully saturated rings. The summed E-state index contributed by atoms with van der Waals surface area (Å²) in [6.07, 6.45) is 2.33. The molecule has 2 rings (SSSR count). The number of nitrogens with zero attached hydrogens (tertiary/aromatic N) is 2. The molecule has 0 aliphatic carbocycles. The molecule has 1 unspecified atom stereocenters. The van der Waals surface area contributed by atoms with Gasteiger partial charge in [-0.2, -0.15) is 0 Å². The van der Waals surface area contributed by atoms with Crippen LogP contribution in [0.5, 0.6) is 0 Å². The van der Waals surface area contributed by atoms with E-state index in [2.05, 4.69) is 45.1 Å². The van der Waals surface area contributed by atoms with E-state index < -0.39 is 0 Å². The van der Waals surface area contributed by atoms with Gasteiger partial charge >= 0.3 is 0 Å². The first-order chi connectivity index (χ1) is 9.95. The molecule has 3 N–H and O–H groups in total. The normalized spacial score (nSPS) is 19.1. The summed E-state index contributed by atoms with van der Waals surface area (Å²) in [5.41, 5.74) is 7.13. The van der Waals surface area contributed by atoms with Crippen LogP contribution in [0, 0.1) is 0 Å². The molecule has 21 heavy (non-hydrogen) atoms. The van der Waals surface area contributed by atoms with Crippen LogP contribution in [-0.4, -0.2) is 55.5 Å². The molecule has 0 aromatic heterocycles. The Labute approximate surface area is 134 Å². The highest BCUT2D eigenvalue weighted by atomic mass is 79.9. The number of benzene rings is 1. The minimum atomic E-state index is 0.0196. The first-order valence-corrected chi connectivity index (χ1v) is 7.98. The highest BCUT2D eigenvalue weighted by Crippen LogP contribution is 2.25. The summed E-state index contributed by atoms with van der Waals surface area (Å²) in [4.78, 5) is 16.7. The third-order valence-electron chi connectivity index (χ3n) is 3.69. The lowest BCUT2D eigenvalue weighted by atomic mass is 10.2. The van der Waals surface area contributed by atoms with Gasteiger partial charge in [-0.15, -0.1) is 0 Å². The topological polar surface area (TPSA) is 61.6 Å². The lowest BCUT2D eigenvalue weighted by Gasteiger charge is -2.26. The molecule has 1 aromatic carbocycles. The average Bonchev–Trinajstić information content (AvgIpc) is 2.79. The number of anilines is 2. The van der Waals surface area contributed by atoms with Crippen molar-refractivity contribution >= 4 is 33.2 Å². The van der Waals surface area contributed by atoms with E-state index in [0.717, 1.165) is 36.1 Å². The smallest absolute Gasteiger partial charge is 0.238 e. The summed E-state index contributed by atoms with van der Waals surface area (Å²) >= 11 is 3.42. The lowest BCUT2D eigenvalue weighted by Crippen LogP contribution is -2.41. The Bertz CT molecular complexity index is 506. The van der Waals surface area contributed by atoms with Gasteiger partial charge < -0.3 is 16.0 Å². The van der Waals surface area contributed by atoms with Gasteiger partial charge in [0.05, 0.1) is 12.2 Å². The van der Waals surface area contributed by atoms with Crippen LogP contribution in [0.2, 0.25) is 0 Å². The van der Waals surface area contributed by atoms with Crippen molar-refractivity contribution < 1.29 is 4.79 Å². The van der Waals surface area contributed by atoms with Crippen molar-refractivity contribution in [3.8, 4) is 0 Å². The number of amides is 1. The zero-order valence-corrected chi connectivity index (χ0v) is 14.2. The number of carbonyl (C=O) groups excluding carboxylic acids is 1. The molecular weight excluding hydrogens is 332 g/mol. The van der Waals surface area contributed by atoms with Gasteiger partial charge in [-0.25, -0.2) is 0 Å². The lowest BCUT2D eigenvalue weighted by molar-refractivity contribution is -0.117. The standard InChI is InChI=1S/C15H23BrN4O/c1-19(2)9-12-4-3-7-20(12)10-15(21)18-14-6-5-11(17)8-13(14)16/h5-6,8,12H,3-4,7,9-10,17H2,1-2H3,(H,18,21). The van der Waals surface area contributed by atoms with Crippen LogP contribution < -0.4 is 11.1 Å². The van der Waals surface area contributed by atoms with Crippen molar-refractivity contribution in [3.63, 3.8) is 0 Å². The molecule has 1 atom stereocenters. The van der Waals surface area contributed by atoms with Gasteiger partial charge in [0, 0.05) is 22.7 Å². The van der Waals surface area contributed by atoms with Crippen LogP contribution >= 0.6 is 15.9 Å². The van der Waals surface area contributed by atoms with Gasteiger partial charge in [0.15, 0.2) is 0 Å². The van der Waals surface area contributed by atoms with Gasteiger partial charge in [0.25, 0.3) is 0 Å². The minimum Gasteiger partial charge on any atom is -0.399 e. The molecule has 0 bridgehead atoms. The van der Waals surface area contributed by atoms with E-state index in [1.807, 2.05) is 6.07 Å². The second kappa shape index (κ2) is 7.24. The van der Waals surface area contributed by atoms with Crippen LogP contribution in [0.3, 0.4) is 0 Å². The van der Waals surface area contributed by atoms with E-state index >= 15 is 0 Å². The molecule has 0 spiro atoms. The van der Waals surface area contributed by atoms with E-state index in [9.17, 15) is 4.79 Å². The average molecular weight is 355 g/mol. The number of nitrogen functional groups attached to an aromatic ring is 1. The molecule has 6 heteroatoms. The maximum Gasteiger partial charge on any atom is 0.238 e. The fourth-order valence-corrected chi connectivity index (χ4v) is 3.23. The number of carbonyl (C=O) groups is 1. The van der Waals surface area contributed by atoms with Gasteiger partial charge in [-0.1, -0.05) is 0 Å². The van der Waals surface area contributed by atoms with Gasteiger partial charge in [-0.3, -0.25) is 9.69 Å². The Morgan fingerprint density at radius 3 is 2.95 bits per heavy atom. The molecule has 1 aromatic rings. The quantitative estimate of drug-likeness (QED) is 0.793. The number of likely N-dealkylation sites (tertiary alicyclic amines) is 1. The summed E-state index contributed by atoms with van der Waals surface area (Å²) in [7, 11) is 4.14. The van der Waals surface area contributed by atoms with Gasteiger partial charge in [0.2, 0.25) is 5.91 Å². The first-order valence-electron chi connectivity index (χ1n) is 7.19. The fourth-order valence-electron chi connectivity index (χ4n) is 2.74. The number of nitrogens with two attached hydrogens (primary N) is 1. The molecule has 1 amide bonds. The van der Waals surface area contributed by atoms with Crippen molar-refractivity contribution in [1.82, 2.24) is 9.80 Å². The third-order valence-corrected chi connectivity index (χ3v) is 4.34. The number of likely N-dealkylation sites (N-methyl/N-ethyl adjacent to an activating group) is 1. The Morgan fingerprint density at radius 2 is 2.29 bits per heavy atom. The summed E-state index contributed by atoms with van der Waals surface area (Å²) in [5, 5.41) is 2.94. The number of halogens is 1. The first kappa shape index (κ1) is 16.3.